The maximum absolute atomic E-state index is 6.07. The van der Waals surface area contributed by atoms with Crippen LogP contribution in [0.4, 0.5) is 0 Å². The Kier molecular flexibility index (Phi) is 4.38. The Morgan fingerprint density at radius 2 is 1.75 bits per heavy atom. The van der Waals surface area contributed by atoms with Gasteiger partial charge in [0.25, 0.3) is 0 Å². The van der Waals surface area contributed by atoms with Crippen LogP contribution in [0.25, 0.3) is 0 Å². The molecule has 1 aromatic rings. The van der Waals surface area contributed by atoms with Gasteiger partial charge in [-0.15, -0.1) is 6.58 Å². The summed E-state index contributed by atoms with van der Waals surface area (Å²) in [6, 6.07) is 5.62. The maximum Gasteiger partial charge on any atom is 0.122 e. The predicted molar refractivity (Wildman–Crippen MR) is 65.9 cm³/mol. The molecule has 0 aliphatic heterocycles. The molecule has 0 aliphatic carbocycles. The fourth-order valence-electron chi connectivity index (χ4n) is 1.54. The molecular weight excluding hydrogens is 202 g/mol. The molecule has 0 spiro atoms. The minimum Gasteiger partial charge on any atom is -0.497 e. The van der Waals surface area contributed by atoms with E-state index in [1.807, 2.05) is 25.1 Å². The SMILES string of the molecule is C=C(C)CC(N)c1cc(OC)cc(OC)c1. The molecule has 0 saturated carbocycles. The Morgan fingerprint density at radius 3 is 2.12 bits per heavy atom. The summed E-state index contributed by atoms with van der Waals surface area (Å²) >= 11 is 0. The molecule has 1 rings (SSSR count). The first kappa shape index (κ1) is 12.6. The monoisotopic (exact) mass is 221 g/mol. The van der Waals surface area contributed by atoms with Crippen LogP contribution in [-0.4, -0.2) is 14.2 Å². The molecule has 0 fully saturated rings. The highest BCUT2D eigenvalue weighted by Crippen LogP contribution is 2.27. The van der Waals surface area contributed by atoms with Crippen molar-refractivity contribution in [1.29, 1.82) is 0 Å². The number of hydrogen-bond donors (Lipinski definition) is 1. The second-order valence-corrected chi connectivity index (χ2v) is 3.91. The van der Waals surface area contributed by atoms with Crippen LogP contribution in [0.15, 0.2) is 30.4 Å². The van der Waals surface area contributed by atoms with Gasteiger partial charge in [0.2, 0.25) is 0 Å². The van der Waals surface area contributed by atoms with Crippen molar-refractivity contribution >= 4 is 0 Å². The summed E-state index contributed by atoms with van der Waals surface area (Å²) in [6.45, 7) is 5.83. The van der Waals surface area contributed by atoms with Gasteiger partial charge in [0.15, 0.2) is 0 Å². The van der Waals surface area contributed by atoms with Gasteiger partial charge in [0.05, 0.1) is 14.2 Å². The van der Waals surface area contributed by atoms with E-state index in [9.17, 15) is 0 Å². The van der Waals surface area contributed by atoms with Crippen LogP contribution in [0, 0.1) is 0 Å². The highest BCUT2D eigenvalue weighted by Gasteiger charge is 2.09. The summed E-state index contributed by atoms with van der Waals surface area (Å²) in [4.78, 5) is 0. The van der Waals surface area contributed by atoms with Gasteiger partial charge < -0.3 is 15.2 Å². The van der Waals surface area contributed by atoms with Gasteiger partial charge in [-0.1, -0.05) is 5.57 Å². The molecule has 0 aromatic heterocycles. The van der Waals surface area contributed by atoms with E-state index >= 15 is 0 Å². The van der Waals surface area contributed by atoms with E-state index in [0.29, 0.717) is 0 Å². The van der Waals surface area contributed by atoms with Crippen LogP contribution < -0.4 is 15.2 Å². The maximum atomic E-state index is 6.07. The number of ether oxygens (including phenoxy) is 2. The average Bonchev–Trinajstić information content (AvgIpc) is 2.27. The quantitative estimate of drug-likeness (QED) is 0.777. The first-order valence-electron chi connectivity index (χ1n) is 5.19. The van der Waals surface area contributed by atoms with Crippen molar-refractivity contribution in [2.75, 3.05) is 14.2 Å². The van der Waals surface area contributed by atoms with Crippen molar-refractivity contribution < 1.29 is 9.47 Å². The Labute approximate surface area is 96.9 Å². The third-order valence-corrected chi connectivity index (χ3v) is 2.37. The summed E-state index contributed by atoms with van der Waals surface area (Å²) in [5.41, 5.74) is 8.13. The van der Waals surface area contributed by atoms with Gasteiger partial charge in [0.1, 0.15) is 11.5 Å². The van der Waals surface area contributed by atoms with Gasteiger partial charge in [0, 0.05) is 12.1 Å². The van der Waals surface area contributed by atoms with E-state index in [1.165, 1.54) is 0 Å². The van der Waals surface area contributed by atoms with E-state index in [-0.39, 0.29) is 6.04 Å². The first-order valence-corrected chi connectivity index (χ1v) is 5.19. The standard InChI is InChI=1S/C13H19NO2/c1-9(2)5-13(14)10-6-11(15-3)8-12(7-10)16-4/h6-8,13H,1,5,14H2,2-4H3. The van der Waals surface area contributed by atoms with Gasteiger partial charge in [-0.05, 0) is 31.0 Å². The zero-order valence-electron chi connectivity index (χ0n) is 10.1. The minimum atomic E-state index is -0.0681. The lowest BCUT2D eigenvalue weighted by atomic mass is 10.0. The van der Waals surface area contributed by atoms with Crippen molar-refractivity contribution in [2.45, 2.75) is 19.4 Å². The van der Waals surface area contributed by atoms with Gasteiger partial charge in [-0.2, -0.15) is 0 Å². The Hall–Kier alpha value is -1.48. The normalized spacial score (nSPS) is 12.0. The molecule has 1 unspecified atom stereocenters. The minimum absolute atomic E-state index is 0.0681. The highest BCUT2D eigenvalue weighted by molar-refractivity contribution is 5.40. The van der Waals surface area contributed by atoms with Gasteiger partial charge >= 0.3 is 0 Å². The molecule has 16 heavy (non-hydrogen) atoms. The van der Waals surface area contributed by atoms with Crippen LogP contribution >= 0.6 is 0 Å². The summed E-state index contributed by atoms with van der Waals surface area (Å²) in [6.07, 6.45) is 0.760. The van der Waals surface area contributed by atoms with Crippen molar-refractivity contribution in [2.24, 2.45) is 5.73 Å². The summed E-state index contributed by atoms with van der Waals surface area (Å²) < 4.78 is 10.4. The summed E-state index contributed by atoms with van der Waals surface area (Å²) in [7, 11) is 3.26. The van der Waals surface area contributed by atoms with E-state index in [0.717, 1.165) is 29.1 Å². The second-order valence-electron chi connectivity index (χ2n) is 3.91. The zero-order chi connectivity index (χ0) is 12.1. The first-order chi connectivity index (χ1) is 7.56. The van der Waals surface area contributed by atoms with Gasteiger partial charge in [-0.25, -0.2) is 0 Å². The number of nitrogens with two attached hydrogens (primary N) is 1. The topological polar surface area (TPSA) is 44.5 Å². The third kappa shape index (κ3) is 3.28. The third-order valence-electron chi connectivity index (χ3n) is 2.37. The Bertz CT molecular complexity index is 352. The van der Waals surface area contributed by atoms with Crippen molar-refractivity contribution in [3.63, 3.8) is 0 Å². The lowest BCUT2D eigenvalue weighted by Gasteiger charge is -2.14. The number of methoxy groups -OCH3 is 2. The lowest BCUT2D eigenvalue weighted by molar-refractivity contribution is 0.392. The lowest BCUT2D eigenvalue weighted by Crippen LogP contribution is -2.10. The van der Waals surface area contributed by atoms with Crippen molar-refractivity contribution in [3.8, 4) is 11.5 Å². The molecular formula is C13H19NO2. The molecule has 88 valence electrons. The molecule has 1 atom stereocenters. The fourth-order valence-corrected chi connectivity index (χ4v) is 1.54. The van der Waals surface area contributed by atoms with E-state index < -0.39 is 0 Å². The smallest absolute Gasteiger partial charge is 0.122 e. The zero-order valence-corrected chi connectivity index (χ0v) is 10.1. The van der Waals surface area contributed by atoms with Crippen LogP contribution in [0.1, 0.15) is 24.9 Å². The molecule has 0 saturated heterocycles. The molecule has 0 radical (unpaired) electrons. The van der Waals surface area contributed by atoms with Crippen LogP contribution in [0.3, 0.4) is 0 Å². The summed E-state index contributed by atoms with van der Waals surface area (Å²) in [5.74, 6) is 1.51. The Balaban J connectivity index is 2.97. The molecule has 2 N–H and O–H groups in total. The summed E-state index contributed by atoms with van der Waals surface area (Å²) in [5, 5.41) is 0. The van der Waals surface area contributed by atoms with Crippen LogP contribution in [-0.2, 0) is 0 Å². The Morgan fingerprint density at radius 1 is 1.25 bits per heavy atom. The molecule has 0 aliphatic rings. The number of benzene rings is 1. The van der Waals surface area contributed by atoms with Crippen molar-refractivity contribution in [1.82, 2.24) is 0 Å². The van der Waals surface area contributed by atoms with E-state index in [2.05, 4.69) is 6.58 Å². The highest BCUT2D eigenvalue weighted by atomic mass is 16.5. The predicted octanol–water partition coefficient (Wildman–Crippen LogP) is 2.67. The largest absolute Gasteiger partial charge is 0.497 e. The van der Waals surface area contributed by atoms with Crippen molar-refractivity contribution in [3.05, 3.63) is 35.9 Å². The molecule has 3 nitrogen and oxygen atoms in total. The number of rotatable bonds is 5. The molecule has 0 heterocycles. The van der Waals surface area contributed by atoms with Crippen LogP contribution in [0.2, 0.25) is 0 Å². The average molecular weight is 221 g/mol. The molecule has 1 aromatic carbocycles. The molecule has 0 bridgehead atoms. The fraction of sp³-hybridized carbons (Fsp3) is 0.385. The van der Waals surface area contributed by atoms with E-state index in [4.69, 9.17) is 15.2 Å². The second kappa shape index (κ2) is 5.56. The number of hydrogen-bond acceptors (Lipinski definition) is 3. The molecule has 0 amide bonds. The van der Waals surface area contributed by atoms with Crippen LogP contribution in [0.5, 0.6) is 11.5 Å². The molecule has 3 heteroatoms. The van der Waals surface area contributed by atoms with Gasteiger partial charge in [-0.3, -0.25) is 0 Å². The van der Waals surface area contributed by atoms with E-state index in [1.54, 1.807) is 14.2 Å².